The molecule has 1 saturated heterocycles. The van der Waals surface area contributed by atoms with Gasteiger partial charge >= 0.3 is 11.8 Å². The van der Waals surface area contributed by atoms with Crippen molar-refractivity contribution < 1.29 is 19.1 Å². The predicted octanol–water partition coefficient (Wildman–Crippen LogP) is 5.78. The van der Waals surface area contributed by atoms with Crippen LogP contribution in [0.3, 0.4) is 0 Å². The van der Waals surface area contributed by atoms with Crippen LogP contribution in [0.1, 0.15) is 62.5 Å². The second-order valence-corrected chi connectivity index (χ2v) is 14.0. The van der Waals surface area contributed by atoms with Gasteiger partial charge in [0.1, 0.15) is 5.60 Å². The third-order valence-corrected chi connectivity index (χ3v) is 9.02. The van der Waals surface area contributed by atoms with Gasteiger partial charge in [-0.15, -0.1) is 0 Å². The van der Waals surface area contributed by atoms with Crippen LogP contribution in [0.5, 0.6) is 5.88 Å². The van der Waals surface area contributed by atoms with Gasteiger partial charge in [-0.05, 0) is 83.6 Å². The maximum absolute atomic E-state index is 13.9. The Morgan fingerprint density at radius 2 is 1.70 bits per heavy atom. The molecule has 12 heteroatoms. The lowest BCUT2D eigenvalue weighted by atomic mass is 9.85. The average molecular weight is 661 g/mol. The van der Waals surface area contributed by atoms with Gasteiger partial charge in [0.05, 0.1) is 45.8 Å². The van der Waals surface area contributed by atoms with Crippen molar-refractivity contribution in [1.82, 2.24) is 29.3 Å². The molecule has 3 aromatic heterocycles. The highest BCUT2D eigenvalue weighted by atomic mass is 35.5. The molecule has 0 atom stereocenters. The summed E-state index contributed by atoms with van der Waals surface area (Å²) in [4.78, 5) is 49.3. The van der Waals surface area contributed by atoms with Gasteiger partial charge in [-0.2, -0.15) is 0 Å². The predicted molar refractivity (Wildman–Crippen MR) is 179 cm³/mol. The molecule has 4 heterocycles. The van der Waals surface area contributed by atoms with E-state index in [2.05, 4.69) is 15.3 Å². The van der Waals surface area contributed by atoms with Crippen LogP contribution in [0.4, 0.5) is 4.79 Å². The van der Waals surface area contributed by atoms with Crippen molar-refractivity contribution in [3.05, 3.63) is 81.6 Å². The fourth-order valence-electron chi connectivity index (χ4n) is 6.33. The molecular formula is C35H41ClN6O5. The minimum Gasteiger partial charge on any atom is -0.477 e. The van der Waals surface area contributed by atoms with E-state index >= 15 is 0 Å². The molecule has 2 aliphatic rings. The number of carbonyl (C=O) groups is 2. The van der Waals surface area contributed by atoms with Crippen molar-refractivity contribution in [2.45, 2.75) is 71.6 Å². The second-order valence-electron chi connectivity index (χ2n) is 13.6. The van der Waals surface area contributed by atoms with E-state index in [-0.39, 0.29) is 29.6 Å². The summed E-state index contributed by atoms with van der Waals surface area (Å²) >= 11 is 6.06. The number of hydrogen-bond donors (Lipinski definition) is 1. The first-order valence-electron chi connectivity index (χ1n) is 16.2. The number of aromatic nitrogens is 4. The Bertz CT molecular complexity index is 1810. The van der Waals surface area contributed by atoms with Gasteiger partial charge in [-0.1, -0.05) is 23.7 Å². The Labute approximate surface area is 278 Å². The van der Waals surface area contributed by atoms with Gasteiger partial charge in [0.25, 0.3) is 5.91 Å². The summed E-state index contributed by atoms with van der Waals surface area (Å²) < 4.78 is 14.9. The van der Waals surface area contributed by atoms with Gasteiger partial charge < -0.3 is 19.7 Å². The maximum Gasteiger partial charge on any atom is 0.410 e. The normalized spacial score (nSPS) is 18.5. The van der Waals surface area contributed by atoms with E-state index in [0.29, 0.717) is 60.0 Å². The molecular weight excluding hydrogens is 620 g/mol. The van der Waals surface area contributed by atoms with Crippen LogP contribution in [-0.4, -0.2) is 67.3 Å². The molecule has 1 aliphatic heterocycles. The van der Waals surface area contributed by atoms with Crippen molar-refractivity contribution in [2.75, 3.05) is 19.7 Å². The first-order chi connectivity index (χ1) is 22.4. The SMILES string of the molecule is Cc1ncc(Cl)cc1C(=O)N[C@H]1CC[C@H](Cn2c(=O)n(-c3ccc(OCC4CN(C(=O)OC(C)(C)C)C4)nc3)c3ccccc32)CC1. The molecule has 2 amide bonds. The number of nitrogens with zero attached hydrogens (tertiary/aromatic N) is 5. The van der Waals surface area contributed by atoms with E-state index < -0.39 is 5.60 Å². The number of amides is 2. The molecule has 1 aliphatic carbocycles. The molecule has 0 unspecified atom stereocenters. The standard InChI is InChI=1S/C35H41ClN6O5/c1-22-28(15-25(36)16-37-22)32(43)39-26-11-9-23(10-12-26)20-41-29-7-5-6-8-30(29)42(33(41)44)27-13-14-31(38-17-27)46-21-24-18-40(19-24)34(45)47-35(2,3)4/h5-8,13-17,23-24,26H,9-12,18-21H2,1-4H3,(H,39,43)/t23-,26-. The number of rotatable bonds is 8. The van der Waals surface area contributed by atoms with Crippen molar-refractivity contribution in [3.63, 3.8) is 0 Å². The van der Waals surface area contributed by atoms with Crippen molar-refractivity contribution >= 4 is 34.6 Å². The van der Waals surface area contributed by atoms with Crippen LogP contribution < -0.4 is 15.7 Å². The highest BCUT2D eigenvalue weighted by Crippen LogP contribution is 2.28. The Kier molecular flexibility index (Phi) is 9.27. The molecule has 1 aromatic carbocycles. The van der Waals surface area contributed by atoms with Gasteiger partial charge in [-0.3, -0.25) is 18.9 Å². The number of benzene rings is 1. The molecule has 47 heavy (non-hydrogen) atoms. The van der Waals surface area contributed by atoms with Crippen molar-refractivity contribution in [3.8, 4) is 11.6 Å². The Hall–Kier alpha value is -4.38. The zero-order valence-corrected chi connectivity index (χ0v) is 28.0. The van der Waals surface area contributed by atoms with E-state index in [9.17, 15) is 14.4 Å². The number of pyridine rings is 2. The number of nitrogens with one attached hydrogen (secondary N) is 1. The number of fused-ring (bicyclic) bond motifs is 1. The van der Waals surface area contributed by atoms with Crippen LogP contribution >= 0.6 is 11.6 Å². The zero-order chi connectivity index (χ0) is 33.3. The third kappa shape index (κ3) is 7.45. The Morgan fingerprint density at radius 3 is 2.38 bits per heavy atom. The Morgan fingerprint density at radius 1 is 0.979 bits per heavy atom. The van der Waals surface area contributed by atoms with Crippen molar-refractivity contribution in [1.29, 1.82) is 0 Å². The Balaban J connectivity index is 1.06. The summed E-state index contributed by atoms with van der Waals surface area (Å²) in [7, 11) is 0. The van der Waals surface area contributed by atoms with E-state index in [4.69, 9.17) is 21.1 Å². The number of imidazole rings is 1. The van der Waals surface area contributed by atoms with Gasteiger partial charge in [0, 0.05) is 43.9 Å². The molecule has 2 fully saturated rings. The van der Waals surface area contributed by atoms with E-state index in [1.807, 2.05) is 55.7 Å². The lowest BCUT2D eigenvalue weighted by Crippen LogP contribution is -2.53. The van der Waals surface area contributed by atoms with Crippen LogP contribution in [0, 0.1) is 18.8 Å². The van der Waals surface area contributed by atoms with Crippen molar-refractivity contribution in [2.24, 2.45) is 11.8 Å². The minimum absolute atomic E-state index is 0.0650. The molecule has 4 aromatic rings. The summed E-state index contributed by atoms with van der Waals surface area (Å²) in [5, 5.41) is 3.58. The van der Waals surface area contributed by atoms with E-state index in [1.165, 1.54) is 0 Å². The highest BCUT2D eigenvalue weighted by Gasteiger charge is 2.34. The molecule has 248 valence electrons. The number of ether oxygens (including phenoxy) is 2. The molecule has 0 radical (unpaired) electrons. The van der Waals surface area contributed by atoms with Gasteiger partial charge in [0.2, 0.25) is 5.88 Å². The summed E-state index contributed by atoms with van der Waals surface area (Å²) in [5.74, 6) is 0.826. The summed E-state index contributed by atoms with van der Waals surface area (Å²) in [6.45, 7) is 9.56. The first kappa shape index (κ1) is 32.6. The zero-order valence-electron chi connectivity index (χ0n) is 27.2. The number of aryl methyl sites for hydroxylation is 1. The molecule has 0 spiro atoms. The minimum atomic E-state index is -0.519. The number of para-hydroxylation sites is 2. The number of likely N-dealkylation sites (tertiary alicyclic amines) is 1. The fourth-order valence-corrected chi connectivity index (χ4v) is 6.48. The highest BCUT2D eigenvalue weighted by molar-refractivity contribution is 6.30. The lowest BCUT2D eigenvalue weighted by molar-refractivity contribution is -0.00808. The maximum atomic E-state index is 13.9. The van der Waals surface area contributed by atoms with E-state index in [0.717, 1.165) is 36.7 Å². The summed E-state index contributed by atoms with van der Waals surface area (Å²) in [6, 6.07) is 13.1. The average Bonchev–Trinajstić information content (AvgIpc) is 3.28. The van der Waals surface area contributed by atoms with Crippen LogP contribution in [0.25, 0.3) is 16.7 Å². The molecule has 1 saturated carbocycles. The van der Waals surface area contributed by atoms with Crippen LogP contribution in [0.15, 0.2) is 59.7 Å². The topological polar surface area (TPSA) is 121 Å². The smallest absolute Gasteiger partial charge is 0.410 e. The third-order valence-electron chi connectivity index (χ3n) is 8.81. The number of carbonyl (C=O) groups excluding carboxylic acids is 2. The first-order valence-corrected chi connectivity index (χ1v) is 16.5. The lowest BCUT2D eigenvalue weighted by Gasteiger charge is -2.39. The summed E-state index contributed by atoms with van der Waals surface area (Å²) in [5.41, 5.74) is 2.86. The molecule has 0 bridgehead atoms. The van der Waals surface area contributed by atoms with Gasteiger partial charge in [-0.25, -0.2) is 14.6 Å². The fraction of sp³-hybridized carbons (Fsp3) is 0.457. The molecule has 6 rings (SSSR count). The second kappa shape index (κ2) is 13.4. The van der Waals surface area contributed by atoms with Crippen LogP contribution in [-0.2, 0) is 11.3 Å². The van der Waals surface area contributed by atoms with E-state index in [1.54, 1.807) is 40.9 Å². The van der Waals surface area contributed by atoms with Gasteiger partial charge in [0.15, 0.2) is 0 Å². The number of hydrogen-bond acceptors (Lipinski definition) is 7. The largest absolute Gasteiger partial charge is 0.477 e. The molecule has 11 nitrogen and oxygen atoms in total. The number of halogens is 1. The molecule has 1 N–H and O–H groups in total. The monoisotopic (exact) mass is 660 g/mol. The summed E-state index contributed by atoms with van der Waals surface area (Å²) in [6.07, 6.45) is 6.36. The quantitative estimate of drug-likeness (QED) is 0.254. The van der Waals surface area contributed by atoms with Crippen LogP contribution in [0.2, 0.25) is 5.02 Å².